The molecule has 1 aliphatic heterocycles. The zero-order valence-electron chi connectivity index (χ0n) is 14.7. The molecule has 0 saturated carbocycles. The highest BCUT2D eigenvalue weighted by molar-refractivity contribution is 5.78. The molecule has 0 aliphatic carbocycles. The van der Waals surface area contributed by atoms with Crippen LogP contribution in [0.15, 0.2) is 42.5 Å². The van der Waals surface area contributed by atoms with Gasteiger partial charge in [-0.1, -0.05) is 18.2 Å². The molecule has 1 atom stereocenters. The van der Waals surface area contributed by atoms with Crippen LogP contribution in [-0.4, -0.2) is 41.8 Å². The molecular formula is C20H21F2NO4. The van der Waals surface area contributed by atoms with E-state index in [1.165, 1.54) is 4.90 Å². The van der Waals surface area contributed by atoms with Crippen LogP contribution in [0.3, 0.4) is 0 Å². The second-order valence-electron chi connectivity index (χ2n) is 6.40. The van der Waals surface area contributed by atoms with Gasteiger partial charge >= 0.3 is 0 Å². The third kappa shape index (κ3) is 5.17. The van der Waals surface area contributed by atoms with Gasteiger partial charge in [-0.3, -0.25) is 4.79 Å². The minimum Gasteiger partial charge on any atom is -0.508 e. The molecular weight excluding hydrogens is 356 g/mol. The summed E-state index contributed by atoms with van der Waals surface area (Å²) in [5, 5.41) is 9.99. The number of amides is 1. The van der Waals surface area contributed by atoms with Crippen molar-refractivity contribution in [3.63, 3.8) is 0 Å². The lowest BCUT2D eigenvalue weighted by Gasteiger charge is -2.26. The second kappa shape index (κ2) is 8.81. The summed E-state index contributed by atoms with van der Waals surface area (Å²) in [6.07, 6.45) is 1.67. The molecule has 3 rings (SSSR count). The fourth-order valence-corrected chi connectivity index (χ4v) is 2.96. The first-order chi connectivity index (χ1) is 13.0. The third-order valence-electron chi connectivity index (χ3n) is 4.40. The van der Waals surface area contributed by atoms with Gasteiger partial charge in [-0.05, 0) is 31.0 Å². The van der Waals surface area contributed by atoms with Crippen LogP contribution in [0.4, 0.5) is 8.78 Å². The lowest BCUT2D eigenvalue weighted by molar-refractivity contribution is -0.135. The number of hydrogen-bond donors (Lipinski definition) is 1. The van der Waals surface area contributed by atoms with Crippen molar-refractivity contribution in [3.05, 3.63) is 59.7 Å². The number of halogens is 2. The van der Waals surface area contributed by atoms with E-state index in [2.05, 4.69) is 0 Å². The number of aromatic hydroxyl groups is 1. The van der Waals surface area contributed by atoms with E-state index in [9.17, 15) is 18.7 Å². The maximum atomic E-state index is 13.7. The summed E-state index contributed by atoms with van der Waals surface area (Å²) in [7, 11) is 0. The standard InChI is InChI=1S/C20H21F2NO4/c21-15-7-8-17(22)19(10-15)27-13-20(25)23(12-16-5-3-9-26-16)11-14-4-1-2-6-18(14)24/h1-2,4,6-8,10,16,24H,3,5,9,11-13H2. The summed E-state index contributed by atoms with van der Waals surface area (Å²) in [6, 6.07) is 9.55. The number of ether oxygens (including phenoxy) is 2. The van der Waals surface area contributed by atoms with Crippen LogP contribution in [0.25, 0.3) is 0 Å². The first-order valence-corrected chi connectivity index (χ1v) is 8.77. The van der Waals surface area contributed by atoms with E-state index < -0.39 is 24.1 Å². The van der Waals surface area contributed by atoms with Crippen LogP contribution in [0.1, 0.15) is 18.4 Å². The second-order valence-corrected chi connectivity index (χ2v) is 6.40. The van der Waals surface area contributed by atoms with E-state index in [0.29, 0.717) is 18.7 Å². The summed E-state index contributed by atoms with van der Waals surface area (Å²) in [6.45, 7) is 0.706. The van der Waals surface area contributed by atoms with Gasteiger partial charge in [0.15, 0.2) is 18.2 Å². The van der Waals surface area contributed by atoms with Crippen LogP contribution in [0.5, 0.6) is 11.5 Å². The Hall–Kier alpha value is -2.67. The lowest BCUT2D eigenvalue weighted by Crippen LogP contribution is -2.39. The van der Waals surface area contributed by atoms with E-state index in [1.54, 1.807) is 24.3 Å². The zero-order valence-corrected chi connectivity index (χ0v) is 14.7. The van der Waals surface area contributed by atoms with Crippen molar-refractivity contribution in [2.45, 2.75) is 25.5 Å². The third-order valence-corrected chi connectivity index (χ3v) is 4.40. The van der Waals surface area contributed by atoms with Crippen molar-refractivity contribution in [1.29, 1.82) is 0 Å². The number of para-hydroxylation sites is 1. The van der Waals surface area contributed by atoms with Crippen LogP contribution >= 0.6 is 0 Å². The fourth-order valence-electron chi connectivity index (χ4n) is 2.96. The Bertz CT molecular complexity index is 793. The Kier molecular flexibility index (Phi) is 6.24. The quantitative estimate of drug-likeness (QED) is 0.805. The van der Waals surface area contributed by atoms with Crippen LogP contribution in [-0.2, 0) is 16.1 Å². The number of hydrogen-bond acceptors (Lipinski definition) is 4. The van der Waals surface area contributed by atoms with Gasteiger partial charge in [0.25, 0.3) is 5.91 Å². The smallest absolute Gasteiger partial charge is 0.260 e. The normalized spacial score (nSPS) is 16.3. The van der Waals surface area contributed by atoms with Crippen molar-refractivity contribution < 1.29 is 28.2 Å². The average molecular weight is 377 g/mol. The highest BCUT2D eigenvalue weighted by atomic mass is 19.1. The van der Waals surface area contributed by atoms with Crippen molar-refractivity contribution in [2.75, 3.05) is 19.8 Å². The number of nitrogens with zero attached hydrogens (tertiary/aromatic N) is 1. The molecule has 0 radical (unpaired) electrons. The summed E-state index contributed by atoms with van der Waals surface area (Å²) in [5.41, 5.74) is 0.584. The lowest BCUT2D eigenvalue weighted by atomic mass is 10.1. The van der Waals surface area contributed by atoms with E-state index in [-0.39, 0.29) is 24.1 Å². The van der Waals surface area contributed by atoms with Crippen molar-refractivity contribution in [1.82, 2.24) is 4.90 Å². The molecule has 1 aliphatic rings. The van der Waals surface area contributed by atoms with Gasteiger partial charge in [-0.15, -0.1) is 0 Å². The number of phenols is 1. The van der Waals surface area contributed by atoms with Crippen molar-refractivity contribution in [2.24, 2.45) is 0 Å². The Morgan fingerprint density at radius 3 is 2.81 bits per heavy atom. The Morgan fingerprint density at radius 1 is 1.26 bits per heavy atom. The molecule has 1 fully saturated rings. The Balaban J connectivity index is 1.69. The van der Waals surface area contributed by atoms with E-state index in [4.69, 9.17) is 9.47 Å². The maximum absolute atomic E-state index is 13.7. The summed E-state index contributed by atoms with van der Waals surface area (Å²) < 4.78 is 37.7. The Labute approximate surface area is 156 Å². The molecule has 7 heteroatoms. The van der Waals surface area contributed by atoms with Gasteiger partial charge in [-0.25, -0.2) is 8.78 Å². The van der Waals surface area contributed by atoms with E-state index in [0.717, 1.165) is 31.0 Å². The highest BCUT2D eigenvalue weighted by Gasteiger charge is 2.24. The first-order valence-electron chi connectivity index (χ1n) is 8.77. The molecule has 1 heterocycles. The van der Waals surface area contributed by atoms with Gasteiger partial charge in [0.2, 0.25) is 0 Å². The molecule has 2 aromatic rings. The van der Waals surface area contributed by atoms with Crippen molar-refractivity contribution in [3.8, 4) is 11.5 Å². The molecule has 1 N–H and O–H groups in total. The molecule has 144 valence electrons. The van der Waals surface area contributed by atoms with Crippen LogP contribution in [0.2, 0.25) is 0 Å². The van der Waals surface area contributed by atoms with Crippen molar-refractivity contribution >= 4 is 5.91 Å². The molecule has 1 amide bonds. The Morgan fingerprint density at radius 2 is 2.07 bits per heavy atom. The fraction of sp³-hybridized carbons (Fsp3) is 0.350. The van der Waals surface area contributed by atoms with Crippen LogP contribution in [0, 0.1) is 11.6 Å². The van der Waals surface area contributed by atoms with Gasteiger partial charge in [0.05, 0.1) is 6.10 Å². The first kappa shape index (κ1) is 19.1. The predicted molar refractivity (Wildman–Crippen MR) is 94.4 cm³/mol. The average Bonchev–Trinajstić information content (AvgIpc) is 3.16. The number of carbonyl (C=O) groups is 1. The molecule has 0 spiro atoms. The topological polar surface area (TPSA) is 59.0 Å². The minimum atomic E-state index is -0.740. The molecule has 2 aromatic carbocycles. The van der Waals surface area contributed by atoms with Gasteiger partial charge in [0, 0.05) is 31.3 Å². The number of phenolic OH excluding ortho intramolecular Hbond substituents is 1. The predicted octanol–water partition coefficient (Wildman–Crippen LogP) is 3.26. The molecule has 0 aromatic heterocycles. The van der Waals surface area contributed by atoms with Crippen LogP contribution < -0.4 is 4.74 Å². The van der Waals surface area contributed by atoms with E-state index in [1.807, 2.05) is 0 Å². The summed E-state index contributed by atoms with van der Waals surface area (Å²) in [5.74, 6) is -2.03. The molecule has 5 nitrogen and oxygen atoms in total. The summed E-state index contributed by atoms with van der Waals surface area (Å²) >= 11 is 0. The van der Waals surface area contributed by atoms with Gasteiger partial charge < -0.3 is 19.5 Å². The van der Waals surface area contributed by atoms with Gasteiger partial charge in [0.1, 0.15) is 11.6 Å². The highest BCUT2D eigenvalue weighted by Crippen LogP contribution is 2.21. The molecule has 1 saturated heterocycles. The number of carbonyl (C=O) groups excluding carboxylic acids is 1. The zero-order chi connectivity index (χ0) is 19.2. The largest absolute Gasteiger partial charge is 0.508 e. The monoisotopic (exact) mass is 377 g/mol. The maximum Gasteiger partial charge on any atom is 0.260 e. The number of rotatable bonds is 7. The SMILES string of the molecule is O=C(COc1cc(F)ccc1F)N(Cc1ccccc1O)CC1CCCO1. The summed E-state index contributed by atoms with van der Waals surface area (Å²) in [4.78, 5) is 14.2. The molecule has 0 bridgehead atoms. The minimum absolute atomic E-state index is 0.0831. The molecule has 1 unspecified atom stereocenters. The van der Waals surface area contributed by atoms with E-state index >= 15 is 0 Å². The van der Waals surface area contributed by atoms with Gasteiger partial charge in [-0.2, -0.15) is 0 Å². The number of benzene rings is 2. The molecule has 27 heavy (non-hydrogen) atoms.